The normalized spacial score (nSPS) is 17.9. The predicted octanol–water partition coefficient (Wildman–Crippen LogP) is 1.54. The smallest absolute Gasteiger partial charge is 0.319 e. The van der Waals surface area contributed by atoms with E-state index < -0.39 is 0 Å². The van der Waals surface area contributed by atoms with Crippen LogP contribution in [0.3, 0.4) is 0 Å². The largest absolute Gasteiger partial charge is 0.338 e. The maximum atomic E-state index is 12.1. The first-order chi connectivity index (χ1) is 10.7. The van der Waals surface area contributed by atoms with E-state index in [0.29, 0.717) is 19.5 Å². The number of nitrogens with two attached hydrogens (primary N) is 1. The minimum absolute atomic E-state index is 0.0642. The maximum absolute atomic E-state index is 12.1. The molecule has 1 aromatic rings. The molecule has 6 nitrogen and oxygen atoms in total. The molecule has 0 radical (unpaired) electrons. The van der Waals surface area contributed by atoms with Crippen LogP contribution in [0.15, 0.2) is 30.3 Å². The Labute approximate surface area is 131 Å². The standard InChI is InChI=1S/C16H24N4O2/c17-10-9-15(21)20-11-5-4-8-14(20)12-18-16(22)19-13-6-2-1-3-7-13/h1-3,6-7,14H,4-5,8-12,17H2,(H2,18,19,22). The summed E-state index contributed by atoms with van der Waals surface area (Å²) in [7, 11) is 0. The van der Waals surface area contributed by atoms with Gasteiger partial charge >= 0.3 is 6.03 Å². The van der Waals surface area contributed by atoms with Gasteiger partial charge in [-0.1, -0.05) is 18.2 Å². The number of urea groups is 1. The lowest BCUT2D eigenvalue weighted by atomic mass is 10.0. The minimum Gasteiger partial charge on any atom is -0.338 e. The van der Waals surface area contributed by atoms with Gasteiger partial charge in [0.05, 0.1) is 0 Å². The Bertz CT molecular complexity index is 492. The molecular weight excluding hydrogens is 280 g/mol. The number of para-hydroxylation sites is 1. The van der Waals surface area contributed by atoms with Crippen LogP contribution < -0.4 is 16.4 Å². The second kappa shape index (κ2) is 8.38. The second-order valence-corrected chi connectivity index (χ2v) is 5.48. The lowest BCUT2D eigenvalue weighted by molar-refractivity contribution is -0.134. The van der Waals surface area contributed by atoms with Crippen molar-refractivity contribution in [1.82, 2.24) is 10.2 Å². The van der Waals surface area contributed by atoms with Crippen molar-refractivity contribution >= 4 is 17.6 Å². The van der Waals surface area contributed by atoms with Crippen LogP contribution in [0.4, 0.5) is 10.5 Å². The topological polar surface area (TPSA) is 87.5 Å². The molecule has 0 saturated carbocycles. The van der Waals surface area contributed by atoms with E-state index in [1.54, 1.807) is 0 Å². The number of benzene rings is 1. The fourth-order valence-electron chi connectivity index (χ4n) is 2.72. The zero-order valence-electron chi connectivity index (χ0n) is 12.8. The summed E-state index contributed by atoms with van der Waals surface area (Å²) < 4.78 is 0. The zero-order chi connectivity index (χ0) is 15.8. The molecule has 1 unspecified atom stereocenters. The Balaban J connectivity index is 1.83. The first-order valence-corrected chi connectivity index (χ1v) is 7.80. The molecule has 120 valence electrons. The lowest BCUT2D eigenvalue weighted by Gasteiger charge is -2.36. The molecule has 0 spiro atoms. The van der Waals surface area contributed by atoms with E-state index in [4.69, 9.17) is 5.73 Å². The van der Waals surface area contributed by atoms with Crippen LogP contribution in [-0.2, 0) is 4.79 Å². The summed E-state index contributed by atoms with van der Waals surface area (Å²) in [5.41, 5.74) is 6.21. The molecular formula is C16H24N4O2. The first kappa shape index (κ1) is 16.3. The minimum atomic E-state index is -0.247. The van der Waals surface area contributed by atoms with E-state index in [-0.39, 0.29) is 18.0 Å². The van der Waals surface area contributed by atoms with Crippen molar-refractivity contribution in [2.45, 2.75) is 31.7 Å². The number of rotatable bonds is 5. The number of piperidine rings is 1. The summed E-state index contributed by atoms with van der Waals surface area (Å²) in [5, 5.41) is 5.63. The van der Waals surface area contributed by atoms with Crippen molar-refractivity contribution in [2.24, 2.45) is 5.73 Å². The highest BCUT2D eigenvalue weighted by atomic mass is 16.2. The van der Waals surface area contributed by atoms with E-state index in [1.807, 2.05) is 35.2 Å². The predicted molar refractivity (Wildman–Crippen MR) is 86.5 cm³/mol. The van der Waals surface area contributed by atoms with Gasteiger partial charge in [-0.2, -0.15) is 0 Å². The van der Waals surface area contributed by atoms with Gasteiger partial charge in [0, 0.05) is 37.8 Å². The molecule has 1 fully saturated rings. The van der Waals surface area contributed by atoms with E-state index in [2.05, 4.69) is 10.6 Å². The van der Waals surface area contributed by atoms with Gasteiger partial charge in [0.25, 0.3) is 0 Å². The third-order valence-electron chi connectivity index (χ3n) is 3.84. The van der Waals surface area contributed by atoms with Gasteiger partial charge in [-0.05, 0) is 31.4 Å². The lowest BCUT2D eigenvalue weighted by Crippen LogP contribution is -2.50. The van der Waals surface area contributed by atoms with Crippen molar-refractivity contribution in [3.05, 3.63) is 30.3 Å². The number of hydrogen-bond acceptors (Lipinski definition) is 3. The maximum Gasteiger partial charge on any atom is 0.319 e. The molecule has 0 aliphatic carbocycles. The van der Waals surface area contributed by atoms with Gasteiger partial charge in [-0.3, -0.25) is 4.79 Å². The molecule has 1 saturated heterocycles. The average molecular weight is 304 g/mol. The summed E-state index contributed by atoms with van der Waals surface area (Å²) in [6.07, 6.45) is 3.39. The van der Waals surface area contributed by atoms with Crippen molar-refractivity contribution in [2.75, 3.05) is 25.0 Å². The summed E-state index contributed by atoms with van der Waals surface area (Å²) in [6, 6.07) is 9.10. The zero-order valence-corrected chi connectivity index (χ0v) is 12.8. The monoisotopic (exact) mass is 304 g/mol. The van der Waals surface area contributed by atoms with E-state index in [1.165, 1.54) is 0 Å². The molecule has 1 aromatic carbocycles. The molecule has 1 aliphatic heterocycles. The van der Waals surface area contributed by atoms with Crippen LogP contribution in [0, 0.1) is 0 Å². The number of anilines is 1. The fourth-order valence-corrected chi connectivity index (χ4v) is 2.72. The first-order valence-electron chi connectivity index (χ1n) is 7.80. The molecule has 0 aromatic heterocycles. The molecule has 1 atom stereocenters. The third-order valence-corrected chi connectivity index (χ3v) is 3.84. The van der Waals surface area contributed by atoms with Gasteiger partial charge in [-0.25, -0.2) is 4.79 Å². The number of carbonyl (C=O) groups is 2. The Hall–Kier alpha value is -2.08. The molecule has 1 heterocycles. The SMILES string of the molecule is NCCC(=O)N1CCCCC1CNC(=O)Nc1ccccc1. The molecule has 22 heavy (non-hydrogen) atoms. The Morgan fingerprint density at radius 1 is 1.23 bits per heavy atom. The fraction of sp³-hybridized carbons (Fsp3) is 0.500. The Morgan fingerprint density at radius 2 is 2.00 bits per heavy atom. The van der Waals surface area contributed by atoms with Crippen LogP contribution in [0.2, 0.25) is 0 Å². The quantitative estimate of drug-likeness (QED) is 0.771. The van der Waals surface area contributed by atoms with Gasteiger partial charge in [0.15, 0.2) is 0 Å². The molecule has 1 aliphatic rings. The van der Waals surface area contributed by atoms with Crippen molar-refractivity contribution < 1.29 is 9.59 Å². The van der Waals surface area contributed by atoms with E-state index in [9.17, 15) is 9.59 Å². The molecule has 6 heteroatoms. The highest BCUT2D eigenvalue weighted by molar-refractivity contribution is 5.89. The summed E-state index contributed by atoms with van der Waals surface area (Å²) in [4.78, 5) is 25.8. The van der Waals surface area contributed by atoms with Crippen molar-refractivity contribution in [3.63, 3.8) is 0 Å². The molecule has 2 rings (SSSR count). The summed E-state index contributed by atoms with van der Waals surface area (Å²) in [5.74, 6) is 0.0810. The highest BCUT2D eigenvalue weighted by Gasteiger charge is 2.26. The number of likely N-dealkylation sites (tertiary alicyclic amines) is 1. The van der Waals surface area contributed by atoms with Crippen LogP contribution in [-0.4, -0.2) is 42.5 Å². The average Bonchev–Trinajstić information content (AvgIpc) is 2.54. The van der Waals surface area contributed by atoms with Crippen LogP contribution in [0.5, 0.6) is 0 Å². The molecule has 4 N–H and O–H groups in total. The highest BCUT2D eigenvalue weighted by Crippen LogP contribution is 2.17. The van der Waals surface area contributed by atoms with E-state index >= 15 is 0 Å². The van der Waals surface area contributed by atoms with Crippen LogP contribution in [0.1, 0.15) is 25.7 Å². The number of carbonyl (C=O) groups excluding carboxylic acids is 2. The number of nitrogens with one attached hydrogen (secondary N) is 2. The van der Waals surface area contributed by atoms with Gasteiger partial charge in [0.1, 0.15) is 0 Å². The second-order valence-electron chi connectivity index (χ2n) is 5.48. The summed E-state index contributed by atoms with van der Waals surface area (Å²) in [6.45, 7) is 1.59. The molecule has 3 amide bonds. The Morgan fingerprint density at radius 3 is 2.73 bits per heavy atom. The Kier molecular flexibility index (Phi) is 6.21. The number of nitrogens with zero attached hydrogens (tertiary/aromatic N) is 1. The number of hydrogen-bond donors (Lipinski definition) is 3. The number of amides is 3. The van der Waals surface area contributed by atoms with Gasteiger partial charge in [0.2, 0.25) is 5.91 Å². The van der Waals surface area contributed by atoms with Crippen molar-refractivity contribution in [3.8, 4) is 0 Å². The third kappa shape index (κ3) is 4.73. The van der Waals surface area contributed by atoms with Gasteiger partial charge < -0.3 is 21.3 Å². The van der Waals surface area contributed by atoms with Crippen LogP contribution >= 0.6 is 0 Å². The summed E-state index contributed by atoms with van der Waals surface area (Å²) >= 11 is 0. The van der Waals surface area contributed by atoms with Crippen molar-refractivity contribution in [1.29, 1.82) is 0 Å². The van der Waals surface area contributed by atoms with E-state index in [0.717, 1.165) is 31.5 Å². The van der Waals surface area contributed by atoms with Gasteiger partial charge in [-0.15, -0.1) is 0 Å². The van der Waals surface area contributed by atoms with Crippen LogP contribution in [0.25, 0.3) is 0 Å². The molecule has 0 bridgehead atoms.